The quantitative estimate of drug-likeness (QED) is 0.551. The van der Waals surface area contributed by atoms with E-state index in [4.69, 9.17) is 0 Å². The molecule has 2 rings (SSSR count). The monoisotopic (exact) mass is 147 g/mol. The molecule has 0 saturated heterocycles. The first-order valence-corrected chi connectivity index (χ1v) is 3.13. The Hall–Kier alpha value is -1.71. The Labute approximate surface area is 62.5 Å². The molecule has 2 aromatic rings. The van der Waals surface area contributed by atoms with Gasteiger partial charge < -0.3 is 0 Å². The summed E-state index contributed by atoms with van der Waals surface area (Å²) < 4.78 is 1.41. The number of imidazole rings is 1. The van der Waals surface area contributed by atoms with E-state index in [0.717, 1.165) is 17.4 Å². The van der Waals surface area contributed by atoms with Crippen molar-refractivity contribution in [2.75, 3.05) is 0 Å². The molecule has 0 fully saturated rings. The van der Waals surface area contributed by atoms with E-state index in [2.05, 4.69) is 9.97 Å². The SMILES string of the molecule is O=Cn1cnc2cnccc21. The summed E-state index contributed by atoms with van der Waals surface area (Å²) in [7, 11) is 0. The largest absolute Gasteiger partial charge is 0.278 e. The van der Waals surface area contributed by atoms with Crippen LogP contribution in [0.4, 0.5) is 0 Å². The van der Waals surface area contributed by atoms with Crippen LogP contribution in [-0.2, 0) is 4.79 Å². The highest BCUT2D eigenvalue weighted by Crippen LogP contribution is 2.07. The van der Waals surface area contributed by atoms with Gasteiger partial charge in [0.05, 0.1) is 11.7 Å². The Morgan fingerprint density at radius 2 is 2.45 bits per heavy atom. The van der Waals surface area contributed by atoms with Gasteiger partial charge in [-0.2, -0.15) is 0 Å². The van der Waals surface area contributed by atoms with Gasteiger partial charge in [0.25, 0.3) is 0 Å². The third-order valence-corrected chi connectivity index (χ3v) is 1.49. The van der Waals surface area contributed by atoms with Crippen LogP contribution < -0.4 is 0 Å². The highest BCUT2D eigenvalue weighted by Gasteiger charge is 1.98. The molecular formula is C7H5N3O. The Balaban J connectivity index is 2.86. The van der Waals surface area contributed by atoms with Crippen LogP contribution in [0.25, 0.3) is 11.0 Å². The van der Waals surface area contributed by atoms with Gasteiger partial charge >= 0.3 is 0 Å². The highest BCUT2D eigenvalue weighted by molar-refractivity contribution is 5.80. The molecule has 2 aromatic heterocycles. The number of hydrogen-bond acceptors (Lipinski definition) is 3. The summed E-state index contributed by atoms with van der Waals surface area (Å²) in [6, 6.07) is 1.75. The van der Waals surface area contributed by atoms with Crippen LogP contribution in [0.15, 0.2) is 24.8 Å². The number of hydrogen-bond donors (Lipinski definition) is 0. The number of pyridine rings is 1. The Morgan fingerprint density at radius 3 is 3.27 bits per heavy atom. The zero-order chi connectivity index (χ0) is 7.68. The van der Waals surface area contributed by atoms with E-state index in [0.29, 0.717) is 0 Å². The lowest BCUT2D eigenvalue weighted by Gasteiger charge is -1.88. The summed E-state index contributed by atoms with van der Waals surface area (Å²) in [6.45, 7) is 0. The van der Waals surface area contributed by atoms with Gasteiger partial charge in [0.2, 0.25) is 6.41 Å². The van der Waals surface area contributed by atoms with Crippen LogP contribution >= 0.6 is 0 Å². The molecule has 0 radical (unpaired) electrons. The van der Waals surface area contributed by atoms with Crippen molar-refractivity contribution in [2.24, 2.45) is 0 Å². The van der Waals surface area contributed by atoms with E-state index in [-0.39, 0.29) is 0 Å². The second-order valence-electron chi connectivity index (χ2n) is 2.12. The number of carbonyl (C=O) groups excluding carboxylic acids is 1. The molecule has 4 nitrogen and oxygen atoms in total. The molecule has 0 N–H and O–H groups in total. The predicted molar refractivity (Wildman–Crippen MR) is 39.7 cm³/mol. The maximum absolute atomic E-state index is 10.4. The fourth-order valence-electron chi connectivity index (χ4n) is 0.967. The van der Waals surface area contributed by atoms with Crippen molar-refractivity contribution in [2.45, 2.75) is 0 Å². The number of carbonyl (C=O) groups is 1. The summed E-state index contributed by atoms with van der Waals surface area (Å²) in [5.74, 6) is 0. The van der Waals surface area contributed by atoms with Gasteiger partial charge in [0.15, 0.2) is 0 Å². The van der Waals surface area contributed by atoms with Crippen molar-refractivity contribution < 1.29 is 4.79 Å². The minimum Gasteiger partial charge on any atom is -0.278 e. The van der Waals surface area contributed by atoms with Gasteiger partial charge in [-0.05, 0) is 6.07 Å². The van der Waals surface area contributed by atoms with E-state index in [1.165, 1.54) is 10.9 Å². The average molecular weight is 147 g/mol. The lowest BCUT2D eigenvalue weighted by molar-refractivity contribution is 0.548. The summed E-state index contributed by atoms with van der Waals surface area (Å²) in [6.07, 6.45) is 5.44. The predicted octanol–water partition coefficient (Wildman–Crippen LogP) is 0.470. The van der Waals surface area contributed by atoms with Gasteiger partial charge in [-0.1, -0.05) is 0 Å². The molecule has 0 saturated carbocycles. The summed E-state index contributed by atoms with van der Waals surface area (Å²) in [4.78, 5) is 18.2. The van der Waals surface area contributed by atoms with Crippen LogP contribution in [0.2, 0.25) is 0 Å². The highest BCUT2D eigenvalue weighted by atomic mass is 16.1. The fraction of sp³-hybridized carbons (Fsp3) is 0. The molecule has 0 spiro atoms. The zero-order valence-corrected chi connectivity index (χ0v) is 5.64. The first-order valence-electron chi connectivity index (χ1n) is 3.13. The van der Waals surface area contributed by atoms with Gasteiger partial charge in [0.1, 0.15) is 11.8 Å². The molecule has 0 aliphatic carbocycles. The minimum atomic E-state index is 0.718. The standard InChI is InChI=1S/C7H5N3O/c11-5-10-4-9-6-3-8-2-1-7(6)10/h1-5H. The molecule has 11 heavy (non-hydrogen) atoms. The molecule has 0 unspecified atom stereocenters. The van der Waals surface area contributed by atoms with Crippen LogP contribution in [-0.4, -0.2) is 20.9 Å². The minimum absolute atomic E-state index is 0.718. The Kier molecular flexibility index (Phi) is 1.18. The second kappa shape index (κ2) is 2.16. The molecule has 2 heterocycles. The fourth-order valence-corrected chi connectivity index (χ4v) is 0.967. The molecule has 0 bridgehead atoms. The lowest BCUT2D eigenvalue weighted by atomic mass is 10.4. The third kappa shape index (κ3) is 0.797. The maximum Gasteiger partial charge on any atom is 0.219 e. The van der Waals surface area contributed by atoms with Crippen molar-refractivity contribution in [3.05, 3.63) is 24.8 Å². The zero-order valence-electron chi connectivity index (χ0n) is 5.64. The Bertz CT molecular complexity index is 393. The molecule has 0 atom stereocenters. The molecule has 4 heteroatoms. The van der Waals surface area contributed by atoms with Crippen molar-refractivity contribution in [1.29, 1.82) is 0 Å². The van der Waals surface area contributed by atoms with E-state index in [1.807, 2.05) is 0 Å². The molecule has 0 aliphatic rings. The smallest absolute Gasteiger partial charge is 0.219 e. The number of rotatable bonds is 1. The van der Waals surface area contributed by atoms with Crippen LogP contribution in [0.1, 0.15) is 0 Å². The first-order chi connectivity index (χ1) is 5.42. The second-order valence-corrected chi connectivity index (χ2v) is 2.12. The first kappa shape index (κ1) is 6.03. The van der Waals surface area contributed by atoms with Gasteiger partial charge in [-0.25, -0.2) is 4.98 Å². The van der Waals surface area contributed by atoms with E-state index >= 15 is 0 Å². The topological polar surface area (TPSA) is 47.8 Å². The molecule has 0 amide bonds. The van der Waals surface area contributed by atoms with E-state index < -0.39 is 0 Å². The number of aromatic nitrogens is 3. The summed E-state index contributed by atoms with van der Waals surface area (Å²) >= 11 is 0. The Morgan fingerprint density at radius 1 is 1.55 bits per heavy atom. The van der Waals surface area contributed by atoms with Crippen LogP contribution in [0.3, 0.4) is 0 Å². The molecular weight excluding hydrogens is 142 g/mol. The van der Waals surface area contributed by atoms with Crippen molar-refractivity contribution in [1.82, 2.24) is 14.5 Å². The molecule has 54 valence electrons. The normalized spacial score (nSPS) is 10.2. The van der Waals surface area contributed by atoms with Gasteiger partial charge in [-0.3, -0.25) is 14.3 Å². The van der Waals surface area contributed by atoms with Gasteiger partial charge in [0, 0.05) is 6.20 Å². The summed E-state index contributed by atoms with van der Waals surface area (Å²) in [5.41, 5.74) is 1.52. The lowest BCUT2D eigenvalue weighted by Crippen LogP contribution is -1.90. The molecule has 0 aliphatic heterocycles. The summed E-state index contributed by atoms with van der Waals surface area (Å²) in [5, 5.41) is 0. The van der Waals surface area contributed by atoms with Crippen molar-refractivity contribution in [3.8, 4) is 0 Å². The number of fused-ring (bicyclic) bond motifs is 1. The van der Waals surface area contributed by atoms with Gasteiger partial charge in [-0.15, -0.1) is 0 Å². The van der Waals surface area contributed by atoms with Crippen LogP contribution in [0, 0.1) is 0 Å². The van der Waals surface area contributed by atoms with Crippen LogP contribution in [0.5, 0.6) is 0 Å². The van der Waals surface area contributed by atoms with E-state index in [9.17, 15) is 4.79 Å². The maximum atomic E-state index is 10.4. The van der Waals surface area contributed by atoms with Crippen molar-refractivity contribution in [3.63, 3.8) is 0 Å². The van der Waals surface area contributed by atoms with E-state index in [1.54, 1.807) is 18.5 Å². The number of nitrogens with zero attached hydrogens (tertiary/aromatic N) is 3. The average Bonchev–Trinajstić information content (AvgIpc) is 2.47. The van der Waals surface area contributed by atoms with Crippen molar-refractivity contribution >= 4 is 17.4 Å². The molecule has 0 aromatic carbocycles. The third-order valence-electron chi connectivity index (χ3n) is 1.49.